The molecule has 8 heteroatoms. The number of carbonyl (C=O) groups excluding carboxylic acids is 3. The van der Waals surface area contributed by atoms with Crippen molar-refractivity contribution in [2.24, 2.45) is 11.8 Å². The first-order chi connectivity index (χ1) is 16.9. The third-order valence-electron chi connectivity index (χ3n) is 7.55. The Morgan fingerprint density at radius 1 is 1.14 bits per heavy atom. The molecule has 4 aliphatic rings. The highest BCUT2D eigenvalue weighted by atomic mass is 35.5. The van der Waals surface area contributed by atoms with Crippen molar-refractivity contribution in [2.45, 2.75) is 50.1 Å². The van der Waals surface area contributed by atoms with Crippen molar-refractivity contribution in [1.82, 2.24) is 10.2 Å². The molecule has 2 aromatic rings. The molecule has 7 nitrogen and oxygen atoms in total. The zero-order valence-electron chi connectivity index (χ0n) is 19.2. The monoisotopic (exact) mass is 491 g/mol. The van der Waals surface area contributed by atoms with Crippen molar-refractivity contribution < 1.29 is 19.1 Å². The Morgan fingerprint density at radius 3 is 2.63 bits per heavy atom. The second-order valence-corrected chi connectivity index (χ2v) is 10.2. The molecule has 2 bridgehead atoms. The molecule has 2 N–H and O–H groups in total. The number of fused-ring (bicyclic) bond motifs is 1. The predicted molar refractivity (Wildman–Crippen MR) is 130 cm³/mol. The van der Waals surface area contributed by atoms with E-state index in [0.29, 0.717) is 17.3 Å². The minimum Gasteiger partial charge on any atom is -0.359 e. The van der Waals surface area contributed by atoms with Crippen LogP contribution in [0, 0.1) is 18.8 Å². The first-order valence-electron chi connectivity index (χ1n) is 12.0. The molecule has 1 aliphatic carbocycles. The topological polar surface area (TPSA) is 87.7 Å². The Morgan fingerprint density at radius 2 is 1.91 bits per heavy atom. The number of nitrogens with zero attached hydrogens (tertiary/aromatic N) is 1. The molecule has 3 heterocycles. The lowest BCUT2D eigenvalue weighted by Gasteiger charge is -2.32. The second-order valence-electron chi connectivity index (χ2n) is 9.83. The first-order valence-corrected chi connectivity index (χ1v) is 12.3. The Labute approximate surface area is 208 Å². The van der Waals surface area contributed by atoms with Gasteiger partial charge in [-0.25, -0.2) is 0 Å². The van der Waals surface area contributed by atoms with Crippen molar-refractivity contribution in [3.8, 4) is 0 Å². The summed E-state index contributed by atoms with van der Waals surface area (Å²) in [6.45, 7) is 2.24. The fourth-order valence-corrected chi connectivity index (χ4v) is 5.91. The third-order valence-corrected chi connectivity index (χ3v) is 7.96. The molecule has 35 heavy (non-hydrogen) atoms. The van der Waals surface area contributed by atoms with Crippen molar-refractivity contribution in [3.05, 3.63) is 76.8 Å². The number of likely N-dealkylation sites (tertiary alicyclic amines) is 1. The largest absolute Gasteiger partial charge is 0.359 e. The van der Waals surface area contributed by atoms with Crippen LogP contribution in [-0.2, 0) is 25.7 Å². The summed E-state index contributed by atoms with van der Waals surface area (Å²) in [5.41, 5.74) is 1.30. The van der Waals surface area contributed by atoms with Gasteiger partial charge >= 0.3 is 0 Å². The van der Waals surface area contributed by atoms with E-state index in [1.54, 1.807) is 17.0 Å². The number of rotatable bonds is 6. The van der Waals surface area contributed by atoms with Crippen LogP contribution in [0.5, 0.6) is 0 Å². The summed E-state index contributed by atoms with van der Waals surface area (Å²) in [5, 5.41) is 6.46. The van der Waals surface area contributed by atoms with E-state index in [1.807, 2.05) is 55.5 Å². The van der Waals surface area contributed by atoms with Crippen LogP contribution >= 0.6 is 11.6 Å². The van der Waals surface area contributed by atoms with Gasteiger partial charge in [0.1, 0.15) is 11.6 Å². The first kappa shape index (κ1) is 22.3. The molecule has 0 radical (unpaired) electrons. The minimum atomic E-state index is -1.14. The Hall–Kier alpha value is -3.16. The van der Waals surface area contributed by atoms with Crippen LogP contribution < -0.4 is 10.6 Å². The summed E-state index contributed by atoms with van der Waals surface area (Å²) in [6.07, 6.45) is 4.80. The number of anilines is 1. The Kier molecular flexibility index (Phi) is 5.23. The summed E-state index contributed by atoms with van der Waals surface area (Å²) in [7, 11) is 0. The van der Waals surface area contributed by atoms with Crippen LogP contribution in [0.2, 0.25) is 5.02 Å². The number of amides is 3. The molecule has 3 amide bonds. The highest BCUT2D eigenvalue weighted by Crippen LogP contribution is 2.57. The number of aryl methyl sites for hydroxylation is 1. The molecule has 0 aromatic heterocycles. The van der Waals surface area contributed by atoms with Crippen molar-refractivity contribution >= 4 is 35.0 Å². The van der Waals surface area contributed by atoms with Gasteiger partial charge in [-0.05, 0) is 43.0 Å². The number of hydrogen-bond donors (Lipinski definition) is 2. The molecular formula is C27H26ClN3O4. The quantitative estimate of drug-likeness (QED) is 0.607. The normalized spacial score (nSPS) is 30.5. The number of ether oxygens (including phenoxy) is 1. The van der Waals surface area contributed by atoms with Crippen LogP contribution in [0.15, 0.2) is 60.7 Å². The van der Waals surface area contributed by atoms with E-state index < -0.39 is 29.6 Å². The Bertz CT molecular complexity index is 1240. The van der Waals surface area contributed by atoms with Gasteiger partial charge in [0, 0.05) is 23.3 Å². The summed E-state index contributed by atoms with van der Waals surface area (Å²) in [5.74, 6) is -2.21. The van der Waals surface area contributed by atoms with Crippen LogP contribution in [-0.4, -0.2) is 46.4 Å². The molecule has 2 aromatic carbocycles. The highest BCUT2D eigenvalue weighted by molar-refractivity contribution is 6.31. The summed E-state index contributed by atoms with van der Waals surface area (Å²) >= 11 is 6.23. The van der Waals surface area contributed by atoms with Gasteiger partial charge in [0.25, 0.3) is 0 Å². The molecule has 180 valence electrons. The number of halogens is 1. The van der Waals surface area contributed by atoms with Gasteiger partial charge < -0.3 is 20.3 Å². The molecular weight excluding hydrogens is 466 g/mol. The van der Waals surface area contributed by atoms with Crippen molar-refractivity contribution in [2.75, 3.05) is 5.32 Å². The molecule has 3 fully saturated rings. The number of nitrogens with one attached hydrogen (secondary N) is 2. The Balaban J connectivity index is 1.28. The third kappa shape index (κ3) is 3.56. The van der Waals surface area contributed by atoms with Gasteiger partial charge in [-0.2, -0.15) is 0 Å². The standard InChI is InChI=1S/C27H26ClN3O4/c1-15-7-8-17(13-19(15)28)30-24(32)21-20-11-12-27(35-20)22(21)26(34)31(18-9-10-18)23(27)25(33)29-14-16-5-3-2-4-6-16/h2-8,11-13,18,20-23H,9-10,14H2,1H3,(H,29,33)(H,30,32)/t20-,21-,22+,23-,27-/m1/s1. The maximum atomic E-state index is 13.7. The fraction of sp³-hybridized carbons (Fsp3) is 0.370. The van der Waals surface area contributed by atoms with Crippen molar-refractivity contribution in [1.29, 1.82) is 0 Å². The van der Waals surface area contributed by atoms with Gasteiger partial charge in [-0.15, -0.1) is 0 Å². The van der Waals surface area contributed by atoms with E-state index in [1.165, 1.54) is 0 Å². The van der Waals surface area contributed by atoms with Crippen LogP contribution in [0.25, 0.3) is 0 Å². The van der Waals surface area contributed by atoms with Gasteiger partial charge in [0.2, 0.25) is 17.7 Å². The van der Waals surface area contributed by atoms with Crippen molar-refractivity contribution in [3.63, 3.8) is 0 Å². The van der Waals surface area contributed by atoms with E-state index in [9.17, 15) is 14.4 Å². The second kappa shape index (κ2) is 8.21. The summed E-state index contributed by atoms with van der Waals surface area (Å²) in [4.78, 5) is 42.4. The average Bonchev–Trinajstić information content (AvgIpc) is 3.45. The van der Waals surface area contributed by atoms with Crippen LogP contribution in [0.3, 0.4) is 0 Å². The molecule has 1 saturated carbocycles. The highest BCUT2D eigenvalue weighted by Gasteiger charge is 2.74. The van der Waals surface area contributed by atoms with Gasteiger partial charge in [-0.1, -0.05) is 60.2 Å². The van der Waals surface area contributed by atoms with Gasteiger partial charge in [0.15, 0.2) is 0 Å². The van der Waals surface area contributed by atoms with Gasteiger partial charge in [-0.3, -0.25) is 14.4 Å². The maximum absolute atomic E-state index is 13.7. The number of benzene rings is 2. The van der Waals surface area contributed by atoms with Crippen LogP contribution in [0.1, 0.15) is 24.0 Å². The van der Waals surface area contributed by atoms with E-state index in [-0.39, 0.29) is 23.8 Å². The van der Waals surface area contributed by atoms with Crippen LogP contribution in [0.4, 0.5) is 5.69 Å². The lowest BCUT2D eigenvalue weighted by atomic mass is 9.74. The van der Waals surface area contributed by atoms with E-state index >= 15 is 0 Å². The molecule has 2 saturated heterocycles. The molecule has 0 unspecified atom stereocenters. The zero-order valence-corrected chi connectivity index (χ0v) is 20.0. The molecule has 5 atom stereocenters. The van der Waals surface area contributed by atoms with Gasteiger partial charge in [0.05, 0.1) is 17.9 Å². The lowest BCUT2D eigenvalue weighted by molar-refractivity contribution is -0.141. The number of carbonyl (C=O) groups is 3. The fourth-order valence-electron chi connectivity index (χ4n) is 5.73. The van der Waals surface area contributed by atoms with E-state index in [2.05, 4.69) is 10.6 Å². The predicted octanol–water partition coefficient (Wildman–Crippen LogP) is 3.22. The average molecular weight is 492 g/mol. The molecule has 1 spiro atoms. The molecule has 6 rings (SSSR count). The minimum absolute atomic E-state index is 0.00520. The lowest BCUT2D eigenvalue weighted by Crippen LogP contribution is -2.55. The SMILES string of the molecule is Cc1ccc(NC(=O)[C@H]2[C@H]3C(=O)N(C4CC4)[C@H](C(=O)NCc4ccccc4)[C@@]34C=C[C@H]2O4)cc1Cl. The summed E-state index contributed by atoms with van der Waals surface area (Å²) in [6, 6.07) is 14.2. The maximum Gasteiger partial charge on any atom is 0.246 e. The smallest absolute Gasteiger partial charge is 0.246 e. The van der Waals surface area contributed by atoms with E-state index in [0.717, 1.165) is 24.0 Å². The summed E-state index contributed by atoms with van der Waals surface area (Å²) < 4.78 is 6.34. The number of hydrogen-bond acceptors (Lipinski definition) is 4. The molecule has 3 aliphatic heterocycles. The zero-order chi connectivity index (χ0) is 24.3. The van der Waals surface area contributed by atoms with E-state index in [4.69, 9.17) is 16.3 Å².